The van der Waals surface area contributed by atoms with Crippen molar-refractivity contribution in [2.24, 2.45) is 0 Å². The van der Waals surface area contributed by atoms with Crippen molar-refractivity contribution in [3.8, 4) is 5.75 Å². The van der Waals surface area contributed by atoms with Gasteiger partial charge in [0.05, 0.1) is 23.9 Å². The molecule has 0 aliphatic carbocycles. The first-order valence-corrected chi connectivity index (χ1v) is 7.50. The van der Waals surface area contributed by atoms with Crippen LogP contribution in [-0.4, -0.2) is 30.3 Å². The summed E-state index contributed by atoms with van der Waals surface area (Å²) >= 11 is 1.67. The van der Waals surface area contributed by atoms with Crippen LogP contribution in [0.25, 0.3) is 0 Å². The molecule has 1 aromatic carbocycles. The fourth-order valence-corrected chi connectivity index (χ4v) is 2.57. The second-order valence-electron chi connectivity index (χ2n) is 4.60. The van der Waals surface area contributed by atoms with Crippen molar-refractivity contribution in [3.05, 3.63) is 45.9 Å². The number of nitrogens with one attached hydrogen (secondary N) is 1. The fourth-order valence-electron chi connectivity index (χ4n) is 1.92. The van der Waals surface area contributed by atoms with Gasteiger partial charge in [-0.2, -0.15) is 0 Å². The molecule has 2 N–H and O–H groups in total. The van der Waals surface area contributed by atoms with Gasteiger partial charge < -0.3 is 15.2 Å². The molecule has 1 aromatic heterocycles. The van der Waals surface area contributed by atoms with Crippen molar-refractivity contribution >= 4 is 11.3 Å². The van der Waals surface area contributed by atoms with E-state index >= 15 is 0 Å². The highest BCUT2D eigenvalue weighted by atomic mass is 32.1. The molecule has 0 aliphatic rings. The molecule has 1 heterocycles. The number of aromatic nitrogens is 1. The van der Waals surface area contributed by atoms with Gasteiger partial charge in [0.25, 0.3) is 0 Å². The van der Waals surface area contributed by atoms with E-state index in [9.17, 15) is 5.11 Å². The second kappa shape index (κ2) is 7.38. The molecule has 0 fully saturated rings. The largest absolute Gasteiger partial charge is 0.497 e. The van der Waals surface area contributed by atoms with Crippen LogP contribution in [0, 0.1) is 6.92 Å². The summed E-state index contributed by atoms with van der Waals surface area (Å²) in [5, 5.41) is 16.5. The third kappa shape index (κ3) is 4.30. The third-order valence-electron chi connectivity index (χ3n) is 3.06. The molecule has 0 radical (unpaired) electrons. The van der Waals surface area contributed by atoms with E-state index in [-0.39, 0.29) is 0 Å². The van der Waals surface area contributed by atoms with Gasteiger partial charge in [-0.05, 0) is 24.6 Å². The third-order valence-corrected chi connectivity index (χ3v) is 3.89. The number of benzene rings is 1. The number of aliphatic hydroxyl groups is 1. The molecule has 1 unspecified atom stereocenters. The molecule has 4 nitrogen and oxygen atoms in total. The number of ether oxygens (including phenoxy) is 1. The van der Waals surface area contributed by atoms with Crippen LogP contribution < -0.4 is 10.1 Å². The lowest BCUT2D eigenvalue weighted by Crippen LogP contribution is -2.23. The van der Waals surface area contributed by atoms with Crippen molar-refractivity contribution in [1.82, 2.24) is 10.3 Å². The summed E-state index contributed by atoms with van der Waals surface area (Å²) in [5.41, 5.74) is 2.00. The summed E-state index contributed by atoms with van der Waals surface area (Å²) in [4.78, 5) is 4.41. The van der Waals surface area contributed by atoms with Gasteiger partial charge in [-0.25, -0.2) is 4.98 Å². The average Bonchev–Trinajstić information content (AvgIpc) is 2.89. The van der Waals surface area contributed by atoms with Gasteiger partial charge in [0.2, 0.25) is 0 Å². The van der Waals surface area contributed by atoms with Gasteiger partial charge in [0.1, 0.15) is 5.75 Å². The molecule has 2 aromatic rings. The Labute approximate surface area is 123 Å². The maximum Gasteiger partial charge on any atom is 0.118 e. The molecule has 0 aliphatic heterocycles. The Bertz CT molecular complexity index is 525. The second-order valence-corrected chi connectivity index (χ2v) is 5.66. The zero-order valence-electron chi connectivity index (χ0n) is 11.8. The van der Waals surface area contributed by atoms with Crippen molar-refractivity contribution in [3.63, 3.8) is 0 Å². The number of rotatable bonds is 7. The number of thiazole rings is 1. The van der Waals surface area contributed by atoms with Crippen molar-refractivity contribution < 1.29 is 9.84 Å². The van der Waals surface area contributed by atoms with Crippen LogP contribution in [0.3, 0.4) is 0 Å². The van der Waals surface area contributed by atoms with E-state index in [1.807, 2.05) is 31.2 Å². The molecule has 1 atom stereocenters. The Morgan fingerprint density at radius 3 is 2.70 bits per heavy atom. The average molecular weight is 292 g/mol. The SMILES string of the molecule is COc1ccc(C(O)CNCCc2csc(C)n2)cc1. The van der Waals surface area contributed by atoms with Gasteiger partial charge in [-0.15, -0.1) is 11.3 Å². The lowest BCUT2D eigenvalue weighted by atomic mass is 10.1. The highest BCUT2D eigenvalue weighted by Gasteiger charge is 2.07. The number of methoxy groups -OCH3 is 1. The van der Waals surface area contributed by atoms with Gasteiger partial charge in [-0.3, -0.25) is 0 Å². The summed E-state index contributed by atoms with van der Waals surface area (Å²) in [6.45, 7) is 3.36. The van der Waals surface area contributed by atoms with E-state index in [1.165, 1.54) is 0 Å². The molecule has 0 bridgehead atoms. The number of nitrogens with zero attached hydrogens (tertiary/aromatic N) is 1. The summed E-state index contributed by atoms with van der Waals surface area (Å²) in [5.74, 6) is 0.799. The van der Waals surface area contributed by atoms with E-state index in [4.69, 9.17) is 4.74 Å². The van der Waals surface area contributed by atoms with Gasteiger partial charge in [-0.1, -0.05) is 12.1 Å². The summed E-state index contributed by atoms with van der Waals surface area (Å²) in [7, 11) is 1.63. The fraction of sp³-hybridized carbons (Fsp3) is 0.400. The van der Waals surface area contributed by atoms with E-state index in [0.717, 1.165) is 35.0 Å². The van der Waals surface area contributed by atoms with E-state index < -0.39 is 6.10 Å². The van der Waals surface area contributed by atoms with Crippen LogP contribution in [0.1, 0.15) is 22.4 Å². The van der Waals surface area contributed by atoms with Crippen molar-refractivity contribution in [2.75, 3.05) is 20.2 Å². The molecule has 5 heteroatoms. The molecule has 20 heavy (non-hydrogen) atoms. The standard InChI is InChI=1S/C15H20N2O2S/c1-11-17-13(10-20-11)7-8-16-9-15(18)12-3-5-14(19-2)6-4-12/h3-6,10,15-16,18H,7-9H2,1-2H3. The highest BCUT2D eigenvalue weighted by Crippen LogP contribution is 2.17. The Kier molecular flexibility index (Phi) is 5.52. The smallest absolute Gasteiger partial charge is 0.118 e. The lowest BCUT2D eigenvalue weighted by Gasteiger charge is -2.12. The van der Waals surface area contributed by atoms with Crippen LogP contribution in [-0.2, 0) is 6.42 Å². The Morgan fingerprint density at radius 2 is 2.10 bits per heavy atom. The molecule has 0 amide bonds. The molecule has 0 spiro atoms. The highest BCUT2D eigenvalue weighted by molar-refractivity contribution is 7.09. The number of hydrogen-bond donors (Lipinski definition) is 2. The quantitative estimate of drug-likeness (QED) is 0.769. The minimum absolute atomic E-state index is 0.502. The Morgan fingerprint density at radius 1 is 1.35 bits per heavy atom. The first-order valence-electron chi connectivity index (χ1n) is 6.63. The Hall–Kier alpha value is -1.43. The molecular formula is C15H20N2O2S. The predicted octanol–water partition coefficient (Wildman–Crippen LogP) is 2.33. The zero-order valence-corrected chi connectivity index (χ0v) is 12.6. The van der Waals surface area contributed by atoms with Crippen molar-refractivity contribution in [1.29, 1.82) is 0 Å². The Balaban J connectivity index is 1.72. The van der Waals surface area contributed by atoms with Crippen LogP contribution in [0.2, 0.25) is 0 Å². The topological polar surface area (TPSA) is 54.4 Å². The molecule has 0 saturated carbocycles. The summed E-state index contributed by atoms with van der Waals surface area (Å²) < 4.78 is 5.10. The van der Waals surface area contributed by atoms with Crippen LogP contribution in [0.5, 0.6) is 5.75 Å². The number of aliphatic hydroxyl groups excluding tert-OH is 1. The van der Waals surface area contributed by atoms with Gasteiger partial charge in [0, 0.05) is 24.9 Å². The number of hydrogen-bond acceptors (Lipinski definition) is 5. The normalized spacial score (nSPS) is 12.3. The lowest BCUT2D eigenvalue weighted by molar-refractivity contribution is 0.175. The minimum Gasteiger partial charge on any atom is -0.497 e. The molecule has 108 valence electrons. The zero-order chi connectivity index (χ0) is 14.4. The van der Waals surface area contributed by atoms with E-state index in [1.54, 1.807) is 18.4 Å². The number of aryl methyl sites for hydroxylation is 1. The molecule has 0 saturated heterocycles. The predicted molar refractivity (Wildman–Crippen MR) is 81.4 cm³/mol. The summed E-state index contributed by atoms with van der Waals surface area (Å²) in [6, 6.07) is 7.48. The van der Waals surface area contributed by atoms with Gasteiger partial charge >= 0.3 is 0 Å². The van der Waals surface area contributed by atoms with E-state index in [0.29, 0.717) is 6.54 Å². The first-order chi connectivity index (χ1) is 9.69. The van der Waals surface area contributed by atoms with Crippen LogP contribution in [0.15, 0.2) is 29.6 Å². The van der Waals surface area contributed by atoms with Crippen molar-refractivity contribution in [2.45, 2.75) is 19.4 Å². The maximum absolute atomic E-state index is 10.1. The monoisotopic (exact) mass is 292 g/mol. The van der Waals surface area contributed by atoms with Crippen LogP contribution in [0.4, 0.5) is 0 Å². The molecule has 2 rings (SSSR count). The van der Waals surface area contributed by atoms with Crippen LogP contribution >= 0.6 is 11.3 Å². The summed E-state index contributed by atoms with van der Waals surface area (Å²) in [6.07, 6.45) is 0.387. The minimum atomic E-state index is -0.502. The first kappa shape index (κ1) is 15.0. The van der Waals surface area contributed by atoms with Gasteiger partial charge in [0.15, 0.2) is 0 Å². The molecular weight excluding hydrogens is 272 g/mol. The van der Waals surface area contributed by atoms with E-state index in [2.05, 4.69) is 15.7 Å². The maximum atomic E-state index is 10.1.